The van der Waals surface area contributed by atoms with Gasteiger partial charge in [-0.25, -0.2) is 4.39 Å². The molecule has 1 heterocycles. The van der Waals surface area contributed by atoms with Crippen molar-refractivity contribution in [1.29, 1.82) is 0 Å². The Morgan fingerprint density at radius 2 is 1.36 bits per heavy atom. The Balaban J connectivity index is 1.48. The van der Waals surface area contributed by atoms with E-state index in [4.69, 9.17) is 0 Å². The fourth-order valence-corrected chi connectivity index (χ4v) is 10.3. The highest BCUT2D eigenvalue weighted by atomic mass is 28.3. The van der Waals surface area contributed by atoms with Gasteiger partial charge in [0.15, 0.2) is 0 Å². The molecule has 4 rings (SSSR count). The molecule has 3 aromatic carbocycles. The third-order valence-electron chi connectivity index (χ3n) is 6.62. The van der Waals surface area contributed by atoms with E-state index < -0.39 is 8.07 Å². The Morgan fingerprint density at radius 1 is 0.786 bits per heavy atom. The number of halogens is 1. The molecular formula is C26H29FSi. The van der Waals surface area contributed by atoms with E-state index in [0.717, 1.165) is 5.56 Å². The zero-order valence-electron chi connectivity index (χ0n) is 16.7. The topological polar surface area (TPSA) is 0 Å². The van der Waals surface area contributed by atoms with Gasteiger partial charge in [0.2, 0.25) is 0 Å². The summed E-state index contributed by atoms with van der Waals surface area (Å²) in [5.41, 5.74) is 3.71. The van der Waals surface area contributed by atoms with Crippen LogP contribution in [-0.4, -0.2) is 8.07 Å². The Labute approximate surface area is 169 Å². The first-order chi connectivity index (χ1) is 13.7. The molecule has 0 saturated carbocycles. The third kappa shape index (κ3) is 3.98. The first-order valence-electron chi connectivity index (χ1n) is 10.6. The van der Waals surface area contributed by atoms with Gasteiger partial charge in [0, 0.05) is 0 Å². The maximum atomic E-state index is 13.2. The van der Waals surface area contributed by atoms with Gasteiger partial charge in [-0.2, -0.15) is 0 Å². The van der Waals surface area contributed by atoms with Crippen LogP contribution in [0.5, 0.6) is 0 Å². The van der Waals surface area contributed by atoms with E-state index >= 15 is 0 Å². The summed E-state index contributed by atoms with van der Waals surface area (Å²) in [6, 6.07) is 31.4. The monoisotopic (exact) mass is 388 g/mol. The van der Waals surface area contributed by atoms with Gasteiger partial charge in [-0.3, -0.25) is 0 Å². The van der Waals surface area contributed by atoms with Crippen LogP contribution in [0.2, 0.25) is 18.1 Å². The molecule has 0 amide bonds. The number of benzene rings is 3. The zero-order chi connectivity index (χ0) is 19.4. The largest absolute Gasteiger partial charge is 0.207 e. The lowest BCUT2D eigenvalue weighted by Crippen LogP contribution is -2.49. The Morgan fingerprint density at radius 3 is 1.93 bits per heavy atom. The molecule has 0 N–H and O–H groups in total. The van der Waals surface area contributed by atoms with Crippen LogP contribution >= 0.6 is 0 Å². The summed E-state index contributed by atoms with van der Waals surface area (Å²) < 4.78 is 13.2. The molecule has 1 aliphatic rings. The second-order valence-electron chi connectivity index (χ2n) is 8.30. The van der Waals surface area contributed by atoms with Gasteiger partial charge in [0.25, 0.3) is 0 Å². The molecule has 1 saturated heterocycles. The van der Waals surface area contributed by atoms with Crippen molar-refractivity contribution >= 4 is 13.3 Å². The summed E-state index contributed by atoms with van der Waals surface area (Å²) in [6.07, 6.45) is 3.94. The van der Waals surface area contributed by atoms with Gasteiger partial charge >= 0.3 is 0 Å². The van der Waals surface area contributed by atoms with Gasteiger partial charge in [0.1, 0.15) is 5.82 Å². The van der Waals surface area contributed by atoms with E-state index in [-0.39, 0.29) is 5.82 Å². The molecule has 0 aromatic heterocycles. The molecule has 0 spiro atoms. The van der Waals surface area contributed by atoms with Crippen LogP contribution in [0.25, 0.3) is 11.1 Å². The molecule has 0 bridgehead atoms. The minimum atomic E-state index is -1.34. The Bertz CT molecular complexity index is 876. The molecule has 0 aliphatic carbocycles. The van der Waals surface area contributed by atoms with Crippen molar-refractivity contribution in [2.45, 2.75) is 50.2 Å². The third-order valence-corrected chi connectivity index (χ3v) is 12.1. The summed E-state index contributed by atoms with van der Waals surface area (Å²) in [5, 5.41) is 1.67. The van der Waals surface area contributed by atoms with Crippen LogP contribution in [0.15, 0.2) is 78.9 Å². The van der Waals surface area contributed by atoms with Crippen LogP contribution in [-0.2, 0) is 0 Å². The highest BCUT2D eigenvalue weighted by Gasteiger charge is 2.38. The van der Waals surface area contributed by atoms with Crippen molar-refractivity contribution in [3.63, 3.8) is 0 Å². The van der Waals surface area contributed by atoms with Gasteiger partial charge in [-0.15, -0.1) is 0 Å². The second kappa shape index (κ2) is 8.44. The quantitative estimate of drug-likeness (QED) is 0.408. The van der Waals surface area contributed by atoms with E-state index in [9.17, 15) is 4.39 Å². The van der Waals surface area contributed by atoms with Crippen molar-refractivity contribution in [1.82, 2.24) is 0 Å². The van der Waals surface area contributed by atoms with Crippen LogP contribution in [0, 0.1) is 5.82 Å². The van der Waals surface area contributed by atoms with Gasteiger partial charge in [-0.05, 0) is 47.6 Å². The minimum Gasteiger partial charge on any atom is -0.207 e. The van der Waals surface area contributed by atoms with Gasteiger partial charge in [-0.1, -0.05) is 103 Å². The standard InChI is InChI=1S/C26H29FSi/c1-2-18-28(26-6-4-3-5-7-26)19-16-24(17-20-28)22-10-8-21(9-11-22)23-12-14-25(27)15-13-23/h3-15,24H,2,16-20H2,1H3. The lowest BCUT2D eigenvalue weighted by Gasteiger charge is -2.39. The van der Waals surface area contributed by atoms with Crippen LogP contribution in [0.4, 0.5) is 4.39 Å². The molecule has 28 heavy (non-hydrogen) atoms. The average Bonchev–Trinajstić information content (AvgIpc) is 2.76. The molecule has 3 aromatic rings. The zero-order valence-corrected chi connectivity index (χ0v) is 17.7. The van der Waals surface area contributed by atoms with Crippen LogP contribution in [0.1, 0.15) is 37.7 Å². The summed E-state index contributed by atoms with van der Waals surface area (Å²) in [4.78, 5) is 0. The number of rotatable bonds is 5. The minimum absolute atomic E-state index is 0.180. The Kier molecular flexibility index (Phi) is 5.77. The van der Waals surface area contributed by atoms with Crippen molar-refractivity contribution in [2.24, 2.45) is 0 Å². The van der Waals surface area contributed by atoms with E-state index in [1.54, 1.807) is 5.19 Å². The first-order valence-corrected chi connectivity index (χ1v) is 13.2. The molecule has 0 atom stereocenters. The molecule has 1 fully saturated rings. The number of hydrogen-bond donors (Lipinski definition) is 0. The first kappa shape index (κ1) is 19.1. The average molecular weight is 389 g/mol. The van der Waals surface area contributed by atoms with Gasteiger partial charge in [0.05, 0.1) is 8.07 Å². The van der Waals surface area contributed by atoms with Crippen molar-refractivity contribution in [2.75, 3.05) is 0 Å². The van der Waals surface area contributed by atoms with Crippen molar-refractivity contribution in [3.05, 3.63) is 90.2 Å². The van der Waals surface area contributed by atoms with E-state index in [2.05, 4.69) is 61.5 Å². The smallest absolute Gasteiger partial charge is 0.123 e. The molecule has 144 valence electrons. The summed E-state index contributed by atoms with van der Waals surface area (Å²) in [7, 11) is -1.34. The van der Waals surface area contributed by atoms with Crippen LogP contribution < -0.4 is 5.19 Å². The maximum Gasteiger partial charge on any atom is 0.123 e. The lowest BCUT2D eigenvalue weighted by molar-refractivity contribution is 0.600. The van der Waals surface area contributed by atoms with E-state index in [1.807, 2.05) is 12.1 Å². The van der Waals surface area contributed by atoms with Crippen molar-refractivity contribution in [3.8, 4) is 11.1 Å². The molecule has 0 unspecified atom stereocenters. The highest BCUT2D eigenvalue weighted by molar-refractivity contribution is 6.92. The van der Waals surface area contributed by atoms with Crippen molar-refractivity contribution < 1.29 is 4.39 Å². The second-order valence-corrected chi connectivity index (χ2v) is 12.9. The fourth-order valence-electron chi connectivity index (χ4n) is 5.05. The number of hydrogen-bond acceptors (Lipinski definition) is 0. The molecule has 1 aliphatic heterocycles. The summed E-state index contributed by atoms with van der Waals surface area (Å²) >= 11 is 0. The predicted octanol–water partition coefficient (Wildman–Crippen LogP) is 7.14. The molecular weight excluding hydrogens is 359 g/mol. The Hall–Kier alpha value is -2.19. The molecule has 0 radical (unpaired) electrons. The fraction of sp³-hybridized carbons (Fsp3) is 0.308. The van der Waals surface area contributed by atoms with E-state index in [1.165, 1.54) is 60.7 Å². The lowest BCUT2D eigenvalue weighted by atomic mass is 9.92. The molecule has 0 nitrogen and oxygen atoms in total. The SMILES string of the molecule is CCC[Si]1(c2ccccc2)CCC(c2ccc(-c3ccc(F)cc3)cc2)CC1. The van der Waals surface area contributed by atoms with Gasteiger partial charge < -0.3 is 0 Å². The molecule has 2 heteroatoms. The highest BCUT2D eigenvalue weighted by Crippen LogP contribution is 2.41. The maximum absolute atomic E-state index is 13.2. The summed E-state index contributed by atoms with van der Waals surface area (Å²) in [6.45, 7) is 2.35. The van der Waals surface area contributed by atoms with Crippen LogP contribution in [0.3, 0.4) is 0 Å². The predicted molar refractivity (Wildman–Crippen MR) is 120 cm³/mol. The summed E-state index contributed by atoms with van der Waals surface area (Å²) in [5.74, 6) is 0.504. The van der Waals surface area contributed by atoms with E-state index in [0.29, 0.717) is 5.92 Å². The normalized spacial score (nSPS) is 22.1.